The molecule has 6 heteroatoms. The summed E-state index contributed by atoms with van der Waals surface area (Å²) in [6, 6.07) is 13.8. The zero-order valence-electron chi connectivity index (χ0n) is 10.8. The molecule has 0 aliphatic carbocycles. The monoisotopic (exact) mass is 364 g/mol. The van der Waals surface area contributed by atoms with Gasteiger partial charge >= 0.3 is 0 Å². The number of carbonyl (C=O) groups excluding carboxylic acids is 1. The van der Waals surface area contributed by atoms with Crippen molar-refractivity contribution in [1.82, 2.24) is 0 Å². The molecule has 4 nitrogen and oxygen atoms in total. The fourth-order valence-corrected chi connectivity index (χ4v) is 2.23. The number of ether oxygens (including phenoxy) is 1. The molecule has 1 N–H and O–H groups in total. The van der Waals surface area contributed by atoms with E-state index in [2.05, 4.69) is 21.2 Å². The first kappa shape index (κ1) is 15.4. The van der Waals surface area contributed by atoms with Crippen LogP contribution in [0.5, 0.6) is 5.75 Å². The standard InChI is InChI=1S/C15H10BrClN2O2/c16-11-2-1-3-12(7-11)19-15(20)9-21-14-5-4-10(8-18)6-13(14)17/h1-7H,9H2,(H,19,20). The summed E-state index contributed by atoms with van der Waals surface area (Å²) in [5, 5.41) is 11.7. The molecule has 0 fully saturated rings. The molecule has 2 aromatic rings. The Hall–Kier alpha value is -2.03. The van der Waals surface area contributed by atoms with E-state index in [1.165, 1.54) is 6.07 Å². The molecule has 0 aliphatic heterocycles. The molecular weight excluding hydrogens is 356 g/mol. The molecule has 21 heavy (non-hydrogen) atoms. The minimum atomic E-state index is -0.298. The summed E-state index contributed by atoms with van der Waals surface area (Å²) in [6.45, 7) is -0.169. The third-order valence-electron chi connectivity index (χ3n) is 2.53. The number of benzene rings is 2. The molecule has 0 aliphatic rings. The van der Waals surface area contributed by atoms with E-state index in [0.717, 1.165) is 4.47 Å². The summed E-state index contributed by atoms with van der Waals surface area (Å²) < 4.78 is 6.21. The van der Waals surface area contributed by atoms with E-state index in [4.69, 9.17) is 21.6 Å². The van der Waals surface area contributed by atoms with Crippen LogP contribution in [0.15, 0.2) is 46.9 Å². The maximum Gasteiger partial charge on any atom is 0.262 e. The predicted molar refractivity (Wildman–Crippen MR) is 84.4 cm³/mol. The van der Waals surface area contributed by atoms with Gasteiger partial charge in [-0.2, -0.15) is 5.26 Å². The normalized spacial score (nSPS) is 9.76. The molecule has 0 spiro atoms. The highest BCUT2D eigenvalue weighted by atomic mass is 79.9. The van der Waals surface area contributed by atoms with Gasteiger partial charge < -0.3 is 10.1 Å². The van der Waals surface area contributed by atoms with E-state index in [9.17, 15) is 4.79 Å². The van der Waals surface area contributed by atoms with Crippen molar-refractivity contribution in [2.24, 2.45) is 0 Å². The molecule has 0 saturated carbocycles. The number of rotatable bonds is 4. The van der Waals surface area contributed by atoms with Crippen molar-refractivity contribution in [2.45, 2.75) is 0 Å². The van der Waals surface area contributed by atoms with Gasteiger partial charge in [-0.3, -0.25) is 4.79 Å². The maximum absolute atomic E-state index is 11.8. The number of hydrogen-bond donors (Lipinski definition) is 1. The zero-order chi connectivity index (χ0) is 15.2. The summed E-state index contributed by atoms with van der Waals surface area (Å²) in [4.78, 5) is 11.8. The predicted octanol–water partition coefficient (Wildman–Crippen LogP) is 3.99. The van der Waals surface area contributed by atoms with Crippen LogP contribution in [0.2, 0.25) is 5.02 Å². The average molecular weight is 366 g/mol. The minimum absolute atomic E-state index is 0.169. The Balaban J connectivity index is 1.94. The summed E-state index contributed by atoms with van der Waals surface area (Å²) in [6.07, 6.45) is 0. The first-order valence-electron chi connectivity index (χ1n) is 5.96. The van der Waals surface area contributed by atoms with Gasteiger partial charge in [-0.05, 0) is 36.4 Å². The van der Waals surface area contributed by atoms with Crippen molar-refractivity contribution in [3.63, 3.8) is 0 Å². The minimum Gasteiger partial charge on any atom is -0.482 e. The lowest BCUT2D eigenvalue weighted by Crippen LogP contribution is -2.20. The molecule has 1 amide bonds. The van der Waals surface area contributed by atoms with E-state index in [1.807, 2.05) is 18.2 Å². The number of nitrogens with zero attached hydrogens (tertiary/aromatic N) is 1. The number of hydrogen-bond acceptors (Lipinski definition) is 3. The Labute approximate surface area is 135 Å². The second-order valence-electron chi connectivity index (χ2n) is 4.10. The highest BCUT2D eigenvalue weighted by Gasteiger charge is 2.07. The van der Waals surface area contributed by atoms with Crippen LogP contribution in [0.25, 0.3) is 0 Å². The molecule has 0 unspecified atom stereocenters. The van der Waals surface area contributed by atoms with Crippen molar-refractivity contribution < 1.29 is 9.53 Å². The molecule has 0 aromatic heterocycles. The van der Waals surface area contributed by atoms with Gasteiger partial charge in [0.15, 0.2) is 6.61 Å². The summed E-state index contributed by atoms with van der Waals surface area (Å²) in [5.74, 6) is 0.0635. The number of carbonyl (C=O) groups is 1. The fraction of sp³-hybridized carbons (Fsp3) is 0.0667. The van der Waals surface area contributed by atoms with E-state index >= 15 is 0 Å². The van der Waals surface area contributed by atoms with Crippen molar-refractivity contribution >= 4 is 39.1 Å². The number of nitrogens with one attached hydrogen (secondary N) is 1. The van der Waals surface area contributed by atoms with Gasteiger partial charge in [-0.15, -0.1) is 0 Å². The van der Waals surface area contributed by atoms with Crippen molar-refractivity contribution in [1.29, 1.82) is 5.26 Å². The van der Waals surface area contributed by atoms with Crippen LogP contribution in [0.4, 0.5) is 5.69 Å². The molecule has 0 heterocycles. The maximum atomic E-state index is 11.8. The van der Waals surface area contributed by atoms with Gasteiger partial charge in [0.05, 0.1) is 16.7 Å². The Morgan fingerprint density at radius 3 is 2.81 bits per heavy atom. The van der Waals surface area contributed by atoms with Crippen molar-refractivity contribution in [3.8, 4) is 11.8 Å². The highest BCUT2D eigenvalue weighted by molar-refractivity contribution is 9.10. The Kier molecular flexibility index (Phi) is 5.20. The third-order valence-corrected chi connectivity index (χ3v) is 3.32. The summed E-state index contributed by atoms with van der Waals surface area (Å²) >= 11 is 9.28. The molecule has 2 rings (SSSR count). The summed E-state index contributed by atoms with van der Waals surface area (Å²) in [5.41, 5.74) is 1.11. The molecule has 0 saturated heterocycles. The SMILES string of the molecule is N#Cc1ccc(OCC(=O)Nc2cccc(Br)c2)c(Cl)c1. The van der Waals surface area contributed by atoms with Crippen LogP contribution >= 0.6 is 27.5 Å². The number of anilines is 1. The van der Waals surface area contributed by atoms with Crippen LogP contribution < -0.4 is 10.1 Å². The average Bonchev–Trinajstić information content (AvgIpc) is 2.46. The third kappa shape index (κ3) is 4.48. The van der Waals surface area contributed by atoms with Gasteiger partial charge in [0, 0.05) is 10.2 Å². The van der Waals surface area contributed by atoms with E-state index in [1.54, 1.807) is 24.3 Å². The zero-order valence-corrected chi connectivity index (χ0v) is 13.1. The molecule has 0 atom stereocenters. The lowest BCUT2D eigenvalue weighted by atomic mass is 10.2. The second-order valence-corrected chi connectivity index (χ2v) is 5.43. The Bertz CT molecular complexity index is 713. The van der Waals surface area contributed by atoms with Crippen molar-refractivity contribution in [3.05, 3.63) is 57.5 Å². The van der Waals surface area contributed by atoms with E-state index in [-0.39, 0.29) is 12.5 Å². The first-order valence-corrected chi connectivity index (χ1v) is 7.13. The molecule has 0 radical (unpaired) electrons. The van der Waals surface area contributed by atoms with Crippen LogP contribution in [0.1, 0.15) is 5.56 Å². The number of nitriles is 1. The highest BCUT2D eigenvalue weighted by Crippen LogP contribution is 2.25. The molecule has 2 aromatic carbocycles. The van der Waals surface area contributed by atoms with E-state index in [0.29, 0.717) is 22.0 Å². The quantitative estimate of drug-likeness (QED) is 0.891. The summed E-state index contributed by atoms with van der Waals surface area (Å²) in [7, 11) is 0. The first-order chi connectivity index (χ1) is 10.1. The second kappa shape index (κ2) is 7.11. The van der Waals surface area contributed by atoms with Crippen LogP contribution in [-0.2, 0) is 4.79 Å². The van der Waals surface area contributed by atoms with Crippen LogP contribution in [0.3, 0.4) is 0 Å². The van der Waals surface area contributed by atoms with E-state index < -0.39 is 0 Å². The van der Waals surface area contributed by atoms with Gasteiger partial charge in [0.1, 0.15) is 5.75 Å². The largest absolute Gasteiger partial charge is 0.482 e. The van der Waals surface area contributed by atoms with Crippen LogP contribution in [-0.4, -0.2) is 12.5 Å². The van der Waals surface area contributed by atoms with Gasteiger partial charge in [-0.25, -0.2) is 0 Å². The van der Waals surface area contributed by atoms with Gasteiger partial charge in [0.25, 0.3) is 5.91 Å². The lowest BCUT2D eigenvalue weighted by Gasteiger charge is -2.09. The Morgan fingerprint density at radius 2 is 2.14 bits per heavy atom. The topological polar surface area (TPSA) is 62.1 Å². The van der Waals surface area contributed by atoms with Gasteiger partial charge in [0.2, 0.25) is 0 Å². The van der Waals surface area contributed by atoms with Crippen LogP contribution in [0, 0.1) is 11.3 Å². The smallest absolute Gasteiger partial charge is 0.262 e. The molecular formula is C15H10BrClN2O2. The molecule has 106 valence electrons. The Morgan fingerprint density at radius 1 is 1.33 bits per heavy atom. The van der Waals surface area contributed by atoms with Gasteiger partial charge in [-0.1, -0.05) is 33.6 Å². The van der Waals surface area contributed by atoms with Crippen molar-refractivity contribution in [2.75, 3.05) is 11.9 Å². The fourth-order valence-electron chi connectivity index (χ4n) is 1.59. The number of amides is 1. The molecule has 0 bridgehead atoms. The lowest BCUT2D eigenvalue weighted by molar-refractivity contribution is -0.118. The number of halogens is 2.